The number of benzene rings is 1. The molecule has 0 amide bonds. The number of nitrogens with zero attached hydrogens (tertiary/aromatic N) is 5. The first-order valence-corrected chi connectivity index (χ1v) is 7.88. The fourth-order valence-corrected chi connectivity index (χ4v) is 3.37. The Morgan fingerprint density at radius 3 is 3.04 bits per heavy atom. The Morgan fingerprint density at radius 1 is 1.17 bits per heavy atom. The molecule has 3 heterocycles. The molecule has 1 aliphatic heterocycles. The van der Waals surface area contributed by atoms with Crippen molar-refractivity contribution in [3.63, 3.8) is 0 Å². The largest absolute Gasteiger partial charge is 0.289 e. The standard InChI is InChI=1S/C18H17N5/c19-12-14-5-3-6-15(11-14)13-22-9-4-7-16(22)18-21-20-17-8-1-2-10-23(17)18/h1-3,5-6,8,10-11,16H,4,7,9,13H2/t16-/m0/s1. The van der Waals surface area contributed by atoms with Crippen LogP contribution in [0.1, 0.15) is 35.8 Å². The Labute approximate surface area is 134 Å². The molecule has 0 aliphatic carbocycles. The second-order valence-corrected chi connectivity index (χ2v) is 5.93. The van der Waals surface area contributed by atoms with E-state index in [1.54, 1.807) is 0 Å². The van der Waals surface area contributed by atoms with Crippen LogP contribution in [0.3, 0.4) is 0 Å². The third kappa shape index (κ3) is 2.58. The summed E-state index contributed by atoms with van der Waals surface area (Å²) in [5.74, 6) is 1.01. The van der Waals surface area contributed by atoms with Gasteiger partial charge in [-0.15, -0.1) is 10.2 Å². The zero-order valence-electron chi connectivity index (χ0n) is 12.8. The van der Waals surface area contributed by atoms with Crippen LogP contribution in [0.15, 0.2) is 48.7 Å². The summed E-state index contributed by atoms with van der Waals surface area (Å²) in [4.78, 5) is 2.43. The van der Waals surface area contributed by atoms with Gasteiger partial charge in [0.2, 0.25) is 0 Å². The lowest BCUT2D eigenvalue weighted by molar-refractivity contribution is 0.238. The van der Waals surface area contributed by atoms with Gasteiger partial charge in [0.25, 0.3) is 0 Å². The molecule has 23 heavy (non-hydrogen) atoms. The highest BCUT2D eigenvalue weighted by Crippen LogP contribution is 2.32. The van der Waals surface area contributed by atoms with Crippen molar-refractivity contribution in [2.24, 2.45) is 0 Å². The van der Waals surface area contributed by atoms with Crippen molar-refractivity contribution in [1.29, 1.82) is 5.26 Å². The van der Waals surface area contributed by atoms with Gasteiger partial charge >= 0.3 is 0 Å². The molecule has 5 nitrogen and oxygen atoms in total. The van der Waals surface area contributed by atoms with E-state index in [1.807, 2.05) is 42.6 Å². The first-order valence-electron chi connectivity index (χ1n) is 7.88. The average molecular weight is 303 g/mol. The second-order valence-electron chi connectivity index (χ2n) is 5.93. The fraction of sp³-hybridized carbons (Fsp3) is 0.278. The van der Waals surface area contributed by atoms with E-state index in [0.717, 1.165) is 37.4 Å². The third-order valence-corrected chi connectivity index (χ3v) is 4.44. The molecule has 1 aromatic carbocycles. The first kappa shape index (κ1) is 13.9. The molecule has 4 rings (SSSR count). The molecule has 0 N–H and O–H groups in total. The van der Waals surface area contributed by atoms with Gasteiger partial charge in [-0.3, -0.25) is 9.30 Å². The quantitative estimate of drug-likeness (QED) is 0.746. The molecule has 0 spiro atoms. The molecule has 1 aliphatic rings. The fourth-order valence-electron chi connectivity index (χ4n) is 3.37. The van der Waals surface area contributed by atoms with E-state index in [2.05, 4.69) is 31.6 Å². The summed E-state index contributed by atoms with van der Waals surface area (Å²) < 4.78 is 2.08. The van der Waals surface area contributed by atoms with Gasteiger partial charge in [0.05, 0.1) is 17.7 Å². The Kier molecular flexibility index (Phi) is 3.52. The molecule has 1 atom stereocenters. The molecule has 0 saturated carbocycles. The summed E-state index contributed by atoms with van der Waals surface area (Å²) in [5, 5.41) is 17.8. The minimum Gasteiger partial charge on any atom is -0.289 e. The van der Waals surface area contributed by atoms with Crippen LogP contribution in [-0.2, 0) is 6.54 Å². The smallest absolute Gasteiger partial charge is 0.160 e. The minimum absolute atomic E-state index is 0.276. The van der Waals surface area contributed by atoms with Gasteiger partial charge in [0.15, 0.2) is 11.5 Å². The van der Waals surface area contributed by atoms with Crippen LogP contribution in [0.25, 0.3) is 5.65 Å². The molecule has 3 aromatic rings. The van der Waals surface area contributed by atoms with Crippen molar-refractivity contribution in [3.8, 4) is 6.07 Å². The van der Waals surface area contributed by atoms with Crippen molar-refractivity contribution in [2.75, 3.05) is 6.54 Å². The van der Waals surface area contributed by atoms with Crippen molar-refractivity contribution in [3.05, 3.63) is 65.6 Å². The van der Waals surface area contributed by atoms with Crippen LogP contribution in [0.2, 0.25) is 0 Å². The Hall–Kier alpha value is -2.71. The Balaban J connectivity index is 1.63. The number of rotatable bonds is 3. The predicted octanol–water partition coefficient (Wildman–Crippen LogP) is 2.94. The number of aromatic nitrogens is 3. The number of nitriles is 1. The highest BCUT2D eigenvalue weighted by atomic mass is 15.3. The van der Waals surface area contributed by atoms with Gasteiger partial charge in [-0.2, -0.15) is 5.26 Å². The van der Waals surface area contributed by atoms with Crippen LogP contribution in [0, 0.1) is 11.3 Å². The molecular weight excluding hydrogens is 286 g/mol. The van der Waals surface area contributed by atoms with E-state index in [1.165, 1.54) is 5.56 Å². The van der Waals surface area contributed by atoms with Crippen molar-refractivity contribution >= 4 is 5.65 Å². The van der Waals surface area contributed by atoms with E-state index in [4.69, 9.17) is 5.26 Å². The summed E-state index contributed by atoms with van der Waals surface area (Å²) in [7, 11) is 0. The predicted molar refractivity (Wildman–Crippen MR) is 86.5 cm³/mol. The molecule has 114 valence electrons. The van der Waals surface area contributed by atoms with E-state index in [9.17, 15) is 0 Å². The highest BCUT2D eigenvalue weighted by Gasteiger charge is 2.29. The maximum atomic E-state index is 9.06. The normalized spacial score (nSPS) is 18.3. The molecule has 2 aromatic heterocycles. The molecule has 0 bridgehead atoms. The lowest BCUT2D eigenvalue weighted by Gasteiger charge is -2.23. The zero-order valence-corrected chi connectivity index (χ0v) is 12.8. The number of hydrogen-bond acceptors (Lipinski definition) is 4. The van der Waals surface area contributed by atoms with E-state index in [0.29, 0.717) is 5.56 Å². The summed E-state index contributed by atoms with van der Waals surface area (Å²) in [5.41, 5.74) is 2.77. The van der Waals surface area contributed by atoms with Gasteiger partial charge in [-0.05, 0) is 49.2 Å². The lowest BCUT2D eigenvalue weighted by Crippen LogP contribution is -2.24. The van der Waals surface area contributed by atoms with Crippen molar-refractivity contribution < 1.29 is 0 Å². The van der Waals surface area contributed by atoms with Crippen LogP contribution in [-0.4, -0.2) is 26.0 Å². The SMILES string of the molecule is N#Cc1cccc(CN2CCC[C@H]2c2nnc3ccccn23)c1. The molecule has 0 unspecified atom stereocenters. The third-order valence-electron chi connectivity index (χ3n) is 4.44. The Morgan fingerprint density at radius 2 is 2.13 bits per heavy atom. The Bertz CT molecular complexity index is 876. The van der Waals surface area contributed by atoms with E-state index < -0.39 is 0 Å². The molecule has 1 fully saturated rings. The summed E-state index contributed by atoms with van der Waals surface area (Å²) in [6, 6.07) is 16.3. The van der Waals surface area contributed by atoms with Gasteiger partial charge in [0, 0.05) is 12.7 Å². The topological polar surface area (TPSA) is 57.2 Å². The highest BCUT2D eigenvalue weighted by molar-refractivity contribution is 5.38. The lowest BCUT2D eigenvalue weighted by atomic mass is 10.1. The van der Waals surface area contributed by atoms with Gasteiger partial charge in [-0.1, -0.05) is 18.2 Å². The monoisotopic (exact) mass is 303 g/mol. The maximum absolute atomic E-state index is 9.06. The average Bonchev–Trinajstić information content (AvgIpc) is 3.21. The summed E-state index contributed by atoms with van der Waals surface area (Å²) in [6.07, 6.45) is 4.27. The first-order chi connectivity index (χ1) is 11.3. The number of likely N-dealkylation sites (tertiary alicyclic amines) is 1. The van der Waals surface area contributed by atoms with E-state index >= 15 is 0 Å². The summed E-state index contributed by atoms with van der Waals surface area (Å²) >= 11 is 0. The minimum atomic E-state index is 0.276. The van der Waals surface area contributed by atoms with Gasteiger partial charge in [0.1, 0.15) is 0 Å². The second kappa shape index (κ2) is 5.82. The maximum Gasteiger partial charge on any atom is 0.160 e. The van der Waals surface area contributed by atoms with E-state index in [-0.39, 0.29) is 6.04 Å². The van der Waals surface area contributed by atoms with Crippen molar-refractivity contribution in [2.45, 2.75) is 25.4 Å². The summed E-state index contributed by atoms with van der Waals surface area (Å²) in [6.45, 7) is 1.88. The molecule has 1 saturated heterocycles. The zero-order chi connectivity index (χ0) is 15.6. The number of hydrogen-bond donors (Lipinski definition) is 0. The van der Waals surface area contributed by atoms with Gasteiger partial charge in [-0.25, -0.2) is 0 Å². The molecule has 0 radical (unpaired) electrons. The van der Waals surface area contributed by atoms with Gasteiger partial charge < -0.3 is 0 Å². The number of fused-ring (bicyclic) bond motifs is 1. The van der Waals surface area contributed by atoms with Crippen molar-refractivity contribution in [1.82, 2.24) is 19.5 Å². The molecule has 5 heteroatoms. The molecular formula is C18H17N5. The number of pyridine rings is 1. The van der Waals surface area contributed by atoms with Crippen LogP contribution >= 0.6 is 0 Å². The van der Waals surface area contributed by atoms with Crippen LogP contribution in [0.4, 0.5) is 0 Å². The van der Waals surface area contributed by atoms with Crippen LogP contribution < -0.4 is 0 Å². The van der Waals surface area contributed by atoms with Crippen LogP contribution in [0.5, 0.6) is 0 Å².